The van der Waals surface area contributed by atoms with Crippen LogP contribution in [-0.4, -0.2) is 25.2 Å². The molecule has 0 aromatic carbocycles. The lowest BCUT2D eigenvalue weighted by atomic mass is 9.80. The van der Waals surface area contributed by atoms with E-state index in [9.17, 15) is 9.59 Å². The highest BCUT2D eigenvalue weighted by atomic mass is 16.5. The van der Waals surface area contributed by atoms with Gasteiger partial charge in [-0.2, -0.15) is 0 Å². The van der Waals surface area contributed by atoms with E-state index < -0.39 is 0 Å². The molecule has 0 aliphatic heterocycles. The van der Waals surface area contributed by atoms with Crippen molar-refractivity contribution in [2.75, 3.05) is 13.2 Å². The number of hydrogen-bond acceptors (Lipinski definition) is 4. The molecule has 4 nitrogen and oxygen atoms in total. The normalized spacial score (nSPS) is 14.8. The Morgan fingerprint density at radius 3 is 1.45 bits per heavy atom. The molecule has 0 spiro atoms. The van der Waals surface area contributed by atoms with Crippen molar-refractivity contribution in [1.82, 2.24) is 0 Å². The molecular weight excluding hydrogens is 472 g/mol. The van der Waals surface area contributed by atoms with Gasteiger partial charge in [-0.1, -0.05) is 136 Å². The van der Waals surface area contributed by atoms with Crippen molar-refractivity contribution in [3.63, 3.8) is 0 Å². The Bertz CT molecular complexity index is 618. The topological polar surface area (TPSA) is 52.6 Å². The van der Waals surface area contributed by atoms with E-state index in [1.165, 1.54) is 83.5 Å². The van der Waals surface area contributed by atoms with E-state index in [2.05, 4.69) is 20.8 Å². The molecule has 222 valence electrons. The minimum absolute atomic E-state index is 0.137. The van der Waals surface area contributed by atoms with Crippen LogP contribution in [0, 0.1) is 5.92 Å². The van der Waals surface area contributed by atoms with Gasteiger partial charge < -0.3 is 9.47 Å². The Morgan fingerprint density at radius 1 is 0.526 bits per heavy atom. The van der Waals surface area contributed by atoms with Crippen LogP contribution in [0.25, 0.3) is 0 Å². The number of carbonyl (C=O) groups excluding carboxylic acids is 2. The molecule has 38 heavy (non-hydrogen) atoms. The molecule has 0 atom stereocenters. The third-order valence-electron chi connectivity index (χ3n) is 8.05. The highest BCUT2D eigenvalue weighted by molar-refractivity contribution is 6.00. The smallest absolute Gasteiger partial charge is 0.334 e. The molecule has 1 fully saturated rings. The minimum atomic E-state index is -0.260. The van der Waals surface area contributed by atoms with Crippen LogP contribution in [0.15, 0.2) is 11.1 Å². The third-order valence-corrected chi connectivity index (χ3v) is 8.05. The molecule has 0 amide bonds. The van der Waals surface area contributed by atoms with Gasteiger partial charge in [-0.25, -0.2) is 9.59 Å². The van der Waals surface area contributed by atoms with Crippen molar-refractivity contribution < 1.29 is 19.1 Å². The lowest BCUT2D eigenvalue weighted by molar-refractivity contribution is -0.143. The fourth-order valence-electron chi connectivity index (χ4n) is 5.62. The highest BCUT2D eigenvalue weighted by Crippen LogP contribution is 2.34. The quantitative estimate of drug-likeness (QED) is 0.0702. The Kier molecular flexibility index (Phi) is 22.6. The molecule has 4 heteroatoms. The monoisotopic (exact) mass is 534 g/mol. The van der Waals surface area contributed by atoms with Crippen LogP contribution >= 0.6 is 0 Å². The van der Waals surface area contributed by atoms with E-state index in [0.717, 1.165) is 64.2 Å². The second-order valence-corrected chi connectivity index (χ2v) is 11.6. The van der Waals surface area contributed by atoms with Gasteiger partial charge in [-0.3, -0.25) is 0 Å². The Labute approximate surface area is 236 Å². The van der Waals surface area contributed by atoms with Crippen LogP contribution in [0.5, 0.6) is 0 Å². The molecule has 0 heterocycles. The van der Waals surface area contributed by atoms with Crippen LogP contribution < -0.4 is 0 Å². The fourth-order valence-corrected chi connectivity index (χ4v) is 5.62. The van der Waals surface area contributed by atoms with E-state index in [1.54, 1.807) is 0 Å². The molecule has 0 bridgehead atoms. The van der Waals surface area contributed by atoms with Gasteiger partial charge in [-0.05, 0) is 44.4 Å². The van der Waals surface area contributed by atoms with Gasteiger partial charge in [0.25, 0.3) is 0 Å². The molecular formula is C34H62O4. The first-order valence-electron chi connectivity index (χ1n) is 16.7. The highest BCUT2D eigenvalue weighted by Gasteiger charge is 2.30. The molecule has 1 aliphatic rings. The number of unbranched alkanes of at least 4 members (excludes halogenated alkanes) is 15. The standard InChI is InChI=1S/C34H62O4/c1-4-7-10-13-16-22-27-31(33(35)37-28-23-17-14-11-8-5-2)32(30-25-20-19-21-26-30)34(36)38-29-24-18-15-12-9-6-3/h30H,4-29H2,1-3H3/b32-31-. The molecule has 1 aliphatic carbocycles. The van der Waals surface area contributed by atoms with Crippen LogP contribution in [-0.2, 0) is 19.1 Å². The fraction of sp³-hybridized carbons (Fsp3) is 0.882. The summed E-state index contributed by atoms with van der Waals surface area (Å²) in [5.41, 5.74) is 1.29. The number of carbonyl (C=O) groups is 2. The average molecular weight is 535 g/mol. The summed E-state index contributed by atoms with van der Waals surface area (Å²) < 4.78 is 11.6. The van der Waals surface area contributed by atoms with Crippen LogP contribution in [0.1, 0.15) is 175 Å². The molecule has 0 saturated heterocycles. The van der Waals surface area contributed by atoms with Crippen LogP contribution in [0.4, 0.5) is 0 Å². The summed E-state index contributed by atoms with van der Waals surface area (Å²) >= 11 is 0. The zero-order chi connectivity index (χ0) is 27.7. The predicted octanol–water partition coefficient (Wildman–Crippen LogP) is 10.4. The third kappa shape index (κ3) is 16.6. The first-order chi connectivity index (χ1) is 18.7. The van der Waals surface area contributed by atoms with Gasteiger partial charge in [0.05, 0.1) is 18.8 Å². The van der Waals surface area contributed by atoms with E-state index in [0.29, 0.717) is 30.8 Å². The SMILES string of the molecule is CCCCCCCCOC(=O)/C(CCCCCCCC)=C(\C(=O)OCCCCCCCC)C1CCCCC1. The number of ether oxygens (including phenoxy) is 2. The molecule has 0 aromatic rings. The lowest BCUT2D eigenvalue weighted by Gasteiger charge is -2.26. The lowest BCUT2D eigenvalue weighted by Crippen LogP contribution is -2.24. The number of hydrogen-bond donors (Lipinski definition) is 0. The van der Waals surface area contributed by atoms with Gasteiger partial charge in [0, 0.05) is 5.57 Å². The summed E-state index contributed by atoms with van der Waals surface area (Å²) in [6, 6.07) is 0. The summed E-state index contributed by atoms with van der Waals surface area (Å²) in [7, 11) is 0. The maximum atomic E-state index is 13.5. The zero-order valence-corrected chi connectivity index (χ0v) is 25.6. The largest absolute Gasteiger partial charge is 0.462 e. The summed E-state index contributed by atoms with van der Waals surface area (Å²) in [6.07, 6.45) is 26.9. The molecule has 0 aromatic heterocycles. The zero-order valence-electron chi connectivity index (χ0n) is 25.6. The Hall–Kier alpha value is -1.32. The maximum Gasteiger partial charge on any atom is 0.334 e. The van der Waals surface area contributed by atoms with Gasteiger partial charge in [0.2, 0.25) is 0 Å². The predicted molar refractivity (Wildman–Crippen MR) is 160 cm³/mol. The summed E-state index contributed by atoms with van der Waals surface area (Å²) in [5, 5.41) is 0. The van der Waals surface area contributed by atoms with Crippen molar-refractivity contribution in [3.8, 4) is 0 Å². The molecule has 1 rings (SSSR count). The summed E-state index contributed by atoms with van der Waals surface area (Å²) in [6.45, 7) is 7.59. The molecule has 1 saturated carbocycles. The van der Waals surface area contributed by atoms with Gasteiger partial charge in [0.1, 0.15) is 0 Å². The van der Waals surface area contributed by atoms with E-state index in [1.807, 2.05) is 0 Å². The van der Waals surface area contributed by atoms with E-state index >= 15 is 0 Å². The Morgan fingerprint density at radius 2 is 0.947 bits per heavy atom. The summed E-state index contributed by atoms with van der Waals surface area (Å²) in [4.78, 5) is 26.9. The van der Waals surface area contributed by atoms with Crippen molar-refractivity contribution >= 4 is 11.9 Å². The average Bonchev–Trinajstić information content (AvgIpc) is 2.93. The minimum Gasteiger partial charge on any atom is -0.462 e. The second-order valence-electron chi connectivity index (χ2n) is 11.6. The first-order valence-corrected chi connectivity index (χ1v) is 16.7. The van der Waals surface area contributed by atoms with Gasteiger partial charge in [-0.15, -0.1) is 0 Å². The van der Waals surface area contributed by atoms with E-state index in [4.69, 9.17) is 9.47 Å². The van der Waals surface area contributed by atoms with Crippen molar-refractivity contribution in [1.29, 1.82) is 0 Å². The molecule has 0 N–H and O–H groups in total. The summed E-state index contributed by atoms with van der Waals surface area (Å²) in [5.74, 6) is -0.371. The van der Waals surface area contributed by atoms with Crippen LogP contribution in [0.2, 0.25) is 0 Å². The second kappa shape index (κ2) is 24.7. The van der Waals surface area contributed by atoms with Crippen molar-refractivity contribution in [3.05, 3.63) is 11.1 Å². The van der Waals surface area contributed by atoms with Gasteiger partial charge >= 0.3 is 11.9 Å². The molecule has 0 radical (unpaired) electrons. The molecule has 0 unspecified atom stereocenters. The Balaban J connectivity index is 2.86. The number of esters is 2. The van der Waals surface area contributed by atoms with Crippen molar-refractivity contribution in [2.24, 2.45) is 5.92 Å². The van der Waals surface area contributed by atoms with Gasteiger partial charge in [0.15, 0.2) is 0 Å². The number of rotatable bonds is 24. The van der Waals surface area contributed by atoms with Crippen LogP contribution in [0.3, 0.4) is 0 Å². The maximum absolute atomic E-state index is 13.5. The van der Waals surface area contributed by atoms with Crippen molar-refractivity contribution in [2.45, 2.75) is 175 Å². The first kappa shape index (κ1) is 34.7. The van der Waals surface area contributed by atoms with E-state index in [-0.39, 0.29) is 17.9 Å².